The molecule has 0 bridgehead atoms. The number of nitrogens with one attached hydrogen (secondary N) is 2. The van der Waals surface area contributed by atoms with E-state index in [1.807, 2.05) is 67.6 Å². The van der Waals surface area contributed by atoms with Crippen molar-refractivity contribution in [2.75, 3.05) is 6.61 Å². The molecule has 7 nitrogen and oxygen atoms in total. The molecule has 0 aliphatic heterocycles. The molecule has 0 amide bonds. The van der Waals surface area contributed by atoms with E-state index in [0.29, 0.717) is 30.9 Å². The Hall–Kier alpha value is -3.60. The maximum absolute atomic E-state index is 11.8. The highest BCUT2D eigenvalue weighted by Crippen LogP contribution is 2.25. The molecular formula is C25H27N3O4. The number of aromatic nitrogens is 1. The summed E-state index contributed by atoms with van der Waals surface area (Å²) in [5.74, 6) is 1.41. The maximum atomic E-state index is 11.8. The van der Waals surface area contributed by atoms with Gasteiger partial charge in [0.05, 0.1) is 6.61 Å². The van der Waals surface area contributed by atoms with Gasteiger partial charge in [0, 0.05) is 17.7 Å². The first-order valence-corrected chi connectivity index (χ1v) is 10.5. The summed E-state index contributed by atoms with van der Waals surface area (Å²) in [4.78, 5) is 14.5. The van der Waals surface area contributed by atoms with Crippen LogP contribution in [0.1, 0.15) is 31.0 Å². The van der Waals surface area contributed by atoms with Gasteiger partial charge in [0.2, 0.25) is 0 Å². The summed E-state index contributed by atoms with van der Waals surface area (Å²) in [6.45, 7) is 4.14. The number of hydrogen-bond acceptors (Lipinski definition) is 6. The van der Waals surface area contributed by atoms with Crippen molar-refractivity contribution in [2.45, 2.75) is 39.1 Å². The first kappa shape index (κ1) is 23.1. The number of aliphatic hydroxyl groups is 1. The van der Waals surface area contributed by atoms with Crippen molar-refractivity contribution in [3.63, 3.8) is 0 Å². The van der Waals surface area contributed by atoms with Crippen LogP contribution < -0.4 is 20.3 Å². The van der Waals surface area contributed by atoms with E-state index in [1.165, 1.54) is 0 Å². The number of aryl methyl sites for hydroxylation is 1. The Labute approximate surface area is 187 Å². The number of aromatic amines is 1. The Bertz CT molecular complexity index is 1100. The van der Waals surface area contributed by atoms with Crippen molar-refractivity contribution in [2.24, 2.45) is 0 Å². The van der Waals surface area contributed by atoms with Crippen molar-refractivity contribution >= 4 is 0 Å². The highest BCUT2D eigenvalue weighted by molar-refractivity contribution is 5.67. The number of aliphatic hydroxyl groups excluding tert-OH is 1. The fourth-order valence-corrected chi connectivity index (χ4v) is 3.22. The fraction of sp³-hybridized carbons (Fsp3) is 0.280. The number of para-hydroxylation sites is 1. The Morgan fingerprint density at radius 1 is 1.12 bits per heavy atom. The van der Waals surface area contributed by atoms with Crippen LogP contribution in [0.15, 0.2) is 65.5 Å². The summed E-state index contributed by atoms with van der Waals surface area (Å²) >= 11 is 0. The number of pyridine rings is 1. The minimum atomic E-state index is -0.767. The van der Waals surface area contributed by atoms with Gasteiger partial charge in [-0.25, -0.2) is 0 Å². The number of nitrogens with zero attached hydrogens (tertiary/aromatic N) is 1. The Kier molecular flexibility index (Phi) is 8.03. The van der Waals surface area contributed by atoms with E-state index in [4.69, 9.17) is 14.7 Å². The third-order valence-electron chi connectivity index (χ3n) is 4.95. The minimum Gasteiger partial charge on any atom is -0.493 e. The van der Waals surface area contributed by atoms with Crippen LogP contribution >= 0.6 is 0 Å². The monoisotopic (exact) mass is 433 g/mol. The Morgan fingerprint density at radius 2 is 1.84 bits per heavy atom. The summed E-state index contributed by atoms with van der Waals surface area (Å²) < 4.78 is 11.6. The third kappa shape index (κ3) is 6.20. The van der Waals surface area contributed by atoms with E-state index >= 15 is 0 Å². The second kappa shape index (κ2) is 11.1. The topological polar surface area (TPSA) is 107 Å². The largest absolute Gasteiger partial charge is 0.493 e. The van der Waals surface area contributed by atoms with Gasteiger partial charge in [0.25, 0.3) is 5.56 Å². The lowest BCUT2D eigenvalue weighted by Gasteiger charge is -2.23. The van der Waals surface area contributed by atoms with Gasteiger partial charge in [-0.2, -0.15) is 5.26 Å². The van der Waals surface area contributed by atoms with Crippen LogP contribution in [0.25, 0.3) is 11.1 Å². The number of rotatable bonds is 10. The summed E-state index contributed by atoms with van der Waals surface area (Å²) in [5, 5.41) is 22.4. The molecule has 7 heteroatoms. The maximum Gasteiger partial charge on any atom is 0.266 e. The number of ether oxygens (including phenoxy) is 2. The molecule has 1 aromatic heterocycles. The van der Waals surface area contributed by atoms with E-state index in [9.17, 15) is 9.90 Å². The van der Waals surface area contributed by atoms with Crippen LogP contribution in [0.3, 0.4) is 0 Å². The zero-order chi connectivity index (χ0) is 22.9. The fourth-order valence-electron chi connectivity index (χ4n) is 3.22. The molecule has 1 unspecified atom stereocenters. The predicted molar refractivity (Wildman–Crippen MR) is 122 cm³/mol. The lowest BCUT2D eigenvalue weighted by molar-refractivity contribution is 0.0410. The van der Waals surface area contributed by atoms with Crippen molar-refractivity contribution in [3.05, 3.63) is 82.3 Å². The molecule has 0 spiro atoms. The first-order valence-electron chi connectivity index (χ1n) is 10.5. The van der Waals surface area contributed by atoms with E-state index in [1.54, 1.807) is 13.0 Å². The van der Waals surface area contributed by atoms with Gasteiger partial charge in [-0.3, -0.25) is 10.1 Å². The van der Waals surface area contributed by atoms with Crippen LogP contribution in [0.4, 0.5) is 0 Å². The molecule has 0 aliphatic carbocycles. The standard InChI is InChI=1S/C25H27N3O4/c1-3-24(28-23(29)13-14-31-20-7-5-4-6-8-20)32-21-11-9-18(10-12-21)22-15-19(16-26)25(30)27-17(22)2/h4-12,15,23-24,28-29H,3,13-14H2,1-2H3,(H,27,30)/t23-,24?/m0/s1. The Balaban J connectivity index is 1.56. The molecule has 3 N–H and O–H groups in total. The quantitative estimate of drug-likeness (QED) is 0.421. The summed E-state index contributed by atoms with van der Waals surface area (Å²) in [6, 6.07) is 20.3. The molecule has 32 heavy (non-hydrogen) atoms. The molecule has 3 aromatic rings. The lowest BCUT2D eigenvalue weighted by atomic mass is 10.0. The summed E-state index contributed by atoms with van der Waals surface area (Å²) in [7, 11) is 0. The Morgan fingerprint density at radius 3 is 2.50 bits per heavy atom. The predicted octanol–water partition coefficient (Wildman–Crippen LogP) is 3.71. The molecule has 3 rings (SSSR count). The highest BCUT2D eigenvalue weighted by atomic mass is 16.5. The highest BCUT2D eigenvalue weighted by Gasteiger charge is 2.14. The molecule has 0 saturated carbocycles. The zero-order valence-corrected chi connectivity index (χ0v) is 18.2. The van der Waals surface area contributed by atoms with Gasteiger partial charge in [-0.15, -0.1) is 0 Å². The molecule has 0 fully saturated rings. The molecule has 0 saturated heterocycles. The summed E-state index contributed by atoms with van der Waals surface area (Å²) in [6.07, 6.45) is -0.0627. The van der Waals surface area contributed by atoms with E-state index in [2.05, 4.69) is 10.3 Å². The molecule has 2 aromatic carbocycles. The second-order valence-electron chi connectivity index (χ2n) is 7.33. The smallest absolute Gasteiger partial charge is 0.266 e. The van der Waals surface area contributed by atoms with Gasteiger partial charge in [-0.1, -0.05) is 37.3 Å². The van der Waals surface area contributed by atoms with Gasteiger partial charge in [-0.05, 0) is 49.2 Å². The molecule has 0 aliphatic rings. The number of hydrogen-bond donors (Lipinski definition) is 3. The normalized spacial score (nSPS) is 12.6. The van der Waals surface area contributed by atoms with Crippen LogP contribution in [-0.2, 0) is 0 Å². The van der Waals surface area contributed by atoms with Gasteiger partial charge in [0.1, 0.15) is 29.4 Å². The van der Waals surface area contributed by atoms with E-state index in [0.717, 1.165) is 16.9 Å². The van der Waals surface area contributed by atoms with Gasteiger partial charge < -0.3 is 19.6 Å². The number of benzene rings is 2. The average molecular weight is 434 g/mol. The van der Waals surface area contributed by atoms with Crippen LogP contribution in [0.2, 0.25) is 0 Å². The number of H-pyrrole nitrogens is 1. The molecular weight excluding hydrogens is 406 g/mol. The van der Waals surface area contributed by atoms with Crippen molar-refractivity contribution in [1.82, 2.24) is 10.3 Å². The minimum absolute atomic E-state index is 0.0754. The van der Waals surface area contributed by atoms with Crippen LogP contribution in [-0.4, -0.2) is 29.2 Å². The third-order valence-corrected chi connectivity index (χ3v) is 4.95. The van der Waals surface area contributed by atoms with Gasteiger partial charge >= 0.3 is 0 Å². The SMILES string of the molecule is CCC(N[C@@H](O)CCOc1ccccc1)Oc1ccc(-c2cc(C#N)c(=O)[nH]c2C)cc1. The molecule has 0 radical (unpaired) electrons. The molecule has 2 atom stereocenters. The van der Waals surface area contributed by atoms with E-state index in [-0.39, 0.29) is 11.8 Å². The summed E-state index contributed by atoms with van der Waals surface area (Å²) in [5.41, 5.74) is 2.02. The van der Waals surface area contributed by atoms with Crippen molar-refractivity contribution in [3.8, 4) is 28.7 Å². The van der Waals surface area contributed by atoms with E-state index < -0.39 is 11.8 Å². The average Bonchev–Trinajstić information content (AvgIpc) is 2.80. The first-order chi connectivity index (χ1) is 15.5. The lowest BCUT2D eigenvalue weighted by Crippen LogP contribution is -2.42. The molecule has 166 valence electrons. The van der Waals surface area contributed by atoms with Crippen molar-refractivity contribution < 1.29 is 14.6 Å². The van der Waals surface area contributed by atoms with Gasteiger partial charge in [0.15, 0.2) is 6.23 Å². The van der Waals surface area contributed by atoms with Crippen molar-refractivity contribution in [1.29, 1.82) is 5.26 Å². The molecule has 1 heterocycles. The second-order valence-corrected chi connectivity index (χ2v) is 7.33. The zero-order valence-electron chi connectivity index (χ0n) is 18.2. The number of nitriles is 1. The van der Waals surface area contributed by atoms with Crippen LogP contribution in [0.5, 0.6) is 11.5 Å². The van der Waals surface area contributed by atoms with Crippen LogP contribution in [0, 0.1) is 18.3 Å².